The van der Waals surface area contributed by atoms with Crippen molar-refractivity contribution in [1.82, 2.24) is 5.43 Å². The van der Waals surface area contributed by atoms with Crippen molar-refractivity contribution in [3.63, 3.8) is 0 Å². The Morgan fingerprint density at radius 2 is 1.67 bits per heavy atom. The predicted octanol–water partition coefficient (Wildman–Crippen LogP) is 3.28. The van der Waals surface area contributed by atoms with E-state index < -0.39 is 12.0 Å². The maximum atomic E-state index is 12.1. The molecule has 0 fully saturated rings. The summed E-state index contributed by atoms with van der Waals surface area (Å²) < 4.78 is 21.4. The molecule has 2 aromatic rings. The molecule has 0 aliphatic carbocycles. The van der Waals surface area contributed by atoms with E-state index in [2.05, 4.69) is 10.5 Å². The molecule has 0 radical (unpaired) electrons. The first-order valence-electron chi connectivity index (χ1n) is 8.03. The molecule has 1 atom stereocenters. The molecule has 0 aliphatic rings. The van der Waals surface area contributed by atoms with Gasteiger partial charge in [0.05, 0.1) is 27.5 Å². The second-order valence-electron chi connectivity index (χ2n) is 5.41. The van der Waals surface area contributed by atoms with E-state index in [9.17, 15) is 4.79 Å². The van der Waals surface area contributed by atoms with Gasteiger partial charge in [-0.25, -0.2) is 5.43 Å². The van der Waals surface area contributed by atoms with Gasteiger partial charge in [-0.15, -0.1) is 0 Å². The minimum atomic E-state index is -0.733. The van der Waals surface area contributed by atoms with Crippen molar-refractivity contribution in [1.29, 1.82) is 0 Å². The number of ether oxygens (including phenoxy) is 4. The van der Waals surface area contributed by atoms with Crippen molar-refractivity contribution in [2.75, 3.05) is 21.3 Å². The highest BCUT2D eigenvalue weighted by molar-refractivity contribution is 6.30. The molecule has 1 N–H and O–H groups in total. The smallest absolute Gasteiger partial charge is 0.280 e. The Hall–Kier alpha value is -2.93. The van der Waals surface area contributed by atoms with Crippen LogP contribution in [-0.2, 0) is 4.79 Å². The molecule has 2 rings (SSSR count). The molecule has 144 valence electrons. The molecule has 7 nitrogen and oxygen atoms in total. The van der Waals surface area contributed by atoms with E-state index in [-0.39, 0.29) is 0 Å². The molecular weight excluding hydrogens is 372 g/mol. The SMILES string of the molecule is COc1cc(/C=N\NC(=O)[C@@H](C)Oc2ccc(Cl)cc2)cc(OC)c1OC. The van der Waals surface area contributed by atoms with Crippen molar-refractivity contribution in [2.45, 2.75) is 13.0 Å². The van der Waals surface area contributed by atoms with Gasteiger partial charge in [0.2, 0.25) is 5.75 Å². The van der Waals surface area contributed by atoms with Crippen LogP contribution in [0.25, 0.3) is 0 Å². The summed E-state index contributed by atoms with van der Waals surface area (Å²) in [6, 6.07) is 10.2. The third kappa shape index (κ3) is 5.52. The molecule has 0 unspecified atom stereocenters. The van der Waals surface area contributed by atoms with Gasteiger partial charge in [-0.2, -0.15) is 5.10 Å². The van der Waals surface area contributed by atoms with Crippen molar-refractivity contribution < 1.29 is 23.7 Å². The number of nitrogens with zero attached hydrogens (tertiary/aromatic N) is 1. The van der Waals surface area contributed by atoms with Gasteiger partial charge in [-0.05, 0) is 43.3 Å². The third-order valence-corrected chi connectivity index (χ3v) is 3.82. The van der Waals surface area contributed by atoms with E-state index in [1.807, 2.05) is 0 Å². The highest BCUT2D eigenvalue weighted by atomic mass is 35.5. The molecule has 0 bridgehead atoms. The lowest BCUT2D eigenvalue weighted by Crippen LogP contribution is -2.33. The van der Waals surface area contributed by atoms with Gasteiger partial charge in [-0.1, -0.05) is 11.6 Å². The molecular formula is C19H21ClN2O5. The van der Waals surface area contributed by atoms with Gasteiger partial charge in [0.25, 0.3) is 5.91 Å². The second kappa shape index (κ2) is 9.68. The van der Waals surface area contributed by atoms with Crippen LogP contribution in [-0.4, -0.2) is 39.6 Å². The summed E-state index contributed by atoms with van der Waals surface area (Å²) >= 11 is 5.82. The molecule has 0 saturated carbocycles. The Labute approximate surface area is 162 Å². The van der Waals surface area contributed by atoms with E-state index in [4.69, 9.17) is 30.5 Å². The maximum Gasteiger partial charge on any atom is 0.280 e. The van der Waals surface area contributed by atoms with Crippen molar-refractivity contribution in [3.05, 3.63) is 47.0 Å². The van der Waals surface area contributed by atoms with Crippen LogP contribution in [0.3, 0.4) is 0 Å². The number of carbonyl (C=O) groups is 1. The molecule has 27 heavy (non-hydrogen) atoms. The molecule has 0 heterocycles. The van der Waals surface area contributed by atoms with Gasteiger partial charge in [0.1, 0.15) is 5.75 Å². The molecule has 0 spiro atoms. The van der Waals surface area contributed by atoms with Crippen molar-refractivity contribution in [2.24, 2.45) is 5.10 Å². The zero-order valence-electron chi connectivity index (χ0n) is 15.5. The first-order valence-corrected chi connectivity index (χ1v) is 8.41. The Bertz CT molecular complexity index is 783. The van der Waals surface area contributed by atoms with Crippen LogP contribution in [0, 0.1) is 0 Å². The Morgan fingerprint density at radius 1 is 1.07 bits per heavy atom. The lowest BCUT2D eigenvalue weighted by molar-refractivity contribution is -0.127. The van der Waals surface area contributed by atoms with Crippen LogP contribution in [0.2, 0.25) is 5.02 Å². The molecule has 0 aromatic heterocycles. The fourth-order valence-electron chi connectivity index (χ4n) is 2.21. The van der Waals surface area contributed by atoms with Gasteiger partial charge in [0, 0.05) is 10.6 Å². The normalized spacial score (nSPS) is 11.7. The number of rotatable bonds is 8. The van der Waals surface area contributed by atoms with Crippen LogP contribution in [0.15, 0.2) is 41.5 Å². The summed E-state index contributed by atoms with van der Waals surface area (Å²) in [5, 5.41) is 4.54. The van der Waals surface area contributed by atoms with Crippen LogP contribution < -0.4 is 24.4 Å². The quantitative estimate of drug-likeness (QED) is 0.551. The largest absolute Gasteiger partial charge is 0.493 e. The fraction of sp³-hybridized carbons (Fsp3) is 0.263. The van der Waals surface area contributed by atoms with Gasteiger partial charge in [-0.3, -0.25) is 4.79 Å². The minimum Gasteiger partial charge on any atom is -0.493 e. The van der Waals surface area contributed by atoms with E-state index in [0.717, 1.165) is 0 Å². The molecule has 2 aromatic carbocycles. The van der Waals surface area contributed by atoms with Crippen molar-refractivity contribution >= 4 is 23.7 Å². The lowest BCUT2D eigenvalue weighted by Gasteiger charge is -2.13. The Morgan fingerprint density at radius 3 is 2.19 bits per heavy atom. The first kappa shape index (κ1) is 20.4. The maximum absolute atomic E-state index is 12.1. The van der Waals surface area contributed by atoms with E-state index in [1.165, 1.54) is 27.5 Å². The van der Waals surface area contributed by atoms with Gasteiger partial charge < -0.3 is 18.9 Å². The number of hydrogen-bond donors (Lipinski definition) is 1. The van der Waals surface area contributed by atoms with Crippen LogP contribution in [0.4, 0.5) is 0 Å². The number of halogens is 1. The average Bonchev–Trinajstić information content (AvgIpc) is 2.68. The van der Waals surface area contributed by atoms with Crippen LogP contribution in [0.5, 0.6) is 23.0 Å². The van der Waals surface area contributed by atoms with E-state index in [1.54, 1.807) is 43.3 Å². The average molecular weight is 393 g/mol. The summed E-state index contributed by atoms with van der Waals surface area (Å²) in [6.07, 6.45) is 0.737. The number of hydrazone groups is 1. The van der Waals surface area contributed by atoms with Gasteiger partial charge >= 0.3 is 0 Å². The van der Waals surface area contributed by atoms with Gasteiger partial charge in [0.15, 0.2) is 17.6 Å². The number of hydrogen-bond acceptors (Lipinski definition) is 6. The zero-order chi connectivity index (χ0) is 19.8. The number of amides is 1. The van der Waals surface area contributed by atoms with E-state index in [0.29, 0.717) is 33.6 Å². The molecule has 0 aliphatic heterocycles. The fourth-order valence-corrected chi connectivity index (χ4v) is 2.33. The topological polar surface area (TPSA) is 78.4 Å². The molecule has 8 heteroatoms. The summed E-state index contributed by atoms with van der Waals surface area (Å²) in [7, 11) is 4.57. The molecule has 1 amide bonds. The number of methoxy groups -OCH3 is 3. The third-order valence-electron chi connectivity index (χ3n) is 3.57. The summed E-state index contributed by atoms with van der Waals surface area (Å²) in [4.78, 5) is 12.1. The number of benzene rings is 2. The Kier molecular flexibility index (Phi) is 7.31. The number of carbonyl (C=O) groups excluding carboxylic acids is 1. The zero-order valence-corrected chi connectivity index (χ0v) is 16.2. The highest BCUT2D eigenvalue weighted by Gasteiger charge is 2.15. The standard InChI is InChI=1S/C19H21ClN2O5/c1-12(27-15-7-5-14(20)6-8-15)19(23)22-21-11-13-9-16(24-2)18(26-4)17(10-13)25-3/h5-12H,1-4H3,(H,22,23)/b21-11-/t12-/m1/s1. The second-order valence-corrected chi connectivity index (χ2v) is 5.84. The first-order chi connectivity index (χ1) is 13.0. The lowest BCUT2D eigenvalue weighted by atomic mass is 10.2. The highest BCUT2D eigenvalue weighted by Crippen LogP contribution is 2.37. The van der Waals surface area contributed by atoms with Crippen LogP contribution in [0.1, 0.15) is 12.5 Å². The van der Waals surface area contributed by atoms with Crippen LogP contribution >= 0.6 is 11.6 Å². The van der Waals surface area contributed by atoms with Crippen molar-refractivity contribution in [3.8, 4) is 23.0 Å². The monoisotopic (exact) mass is 392 g/mol. The summed E-state index contributed by atoms with van der Waals surface area (Å²) in [5.41, 5.74) is 3.10. The minimum absolute atomic E-state index is 0.395. The predicted molar refractivity (Wildman–Crippen MR) is 103 cm³/mol. The van der Waals surface area contributed by atoms with E-state index >= 15 is 0 Å². The summed E-state index contributed by atoms with van der Waals surface area (Å²) in [6.45, 7) is 1.62. The Balaban J connectivity index is 2.01. The number of nitrogens with one attached hydrogen (secondary N) is 1. The summed E-state index contributed by atoms with van der Waals surface area (Å²) in [5.74, 6) is 1.60. The molecule has 0 saturated heterocycles.